The number of hydrogen-bond acceptors (Lipinski definition) is 5. The molecule has 0 bridgehead atoms. The maximum Gasteiger partial charge on any atom is 0.263 e. The molecule has 2 N–H and O–H groups in total. The molecule has 1 aromatic heterocycles. The molecule has 8 heteroatoms. The van der Waals surface area contributed by atoms with Crippen molar-refractivity contribution in [2.45, 2.75) is 11.3 Å². The van der Waals surface area contributed by atoms with Gasteiger partial charge in [0.05, 0.1) is 11.3 Å². The molecule has 0 radical (unpaired) electrons. The molecule has 0 aliphatic heterocycles. The number of rotatable bonds is 6. The number of sulfonamides is 1. The third-order valence-corrected chi connectivity index (χ3v) is 5.48. The van der Waals surface area contributed by atoms with Crippen molar-refractivity contribution in [1.82, 2.24) is 4.98 Å². The molecule has 0 saturated heterocycles. The number of carbonyl (C=O) groups is 1. The summed E-state index contributed by atoms with van der Waals surface area (Å²) in [7, 11) is -3.69. The zero-order chi connectivity index (χ0) is 17.7. The smallest absolute Gasteiger partial charge is 0.263 e. The second kappa shape index (κ2) is 7.45. The lowest BCUT2D eigenvalue weighted by Gasteiger charge is -2.08. The fourth-order valence-electron chi connectivity index (χ4n) is 2.15. The van der Waals surface area contributed by atoms with Crippen LogP contribution in [0.2, 0.25) is 0 Å². The molecule has 1 amide bonds. The van der Waals surface area contributed by atoms with E-state index in [0.29, 0.717) is 10.8 Å². The first kappa shape index (κ1) is 17.1. The van der Waals surface area contributed by atoms with Crippen LogP contribution in [0.15, 0.2) is 71.1 Å². The summed E-state index contributed by atoms with van der Waals surface area (Å²) in [6, 6.07) is 15.4. The van der Waals surface area contributed by atoms with Crippen LogP contribution in [-0.2, 0) is 21.2 Å². The van der Waals surface area contributed by atoms with E-state index in [4.69, 9.17) is 0 Å². The Balaban J connectivity index is 1.65. The number of aromatic nitrogens is 1. The first-order valence-corrected chi connectivity index (χ1v) is 9.75. The summed E-state index contributed by atoms with van der Waals surface area (Å²) < 4.78 is 26.9. The van der Waals surface area contributed by atoms with E-state index in [1.807, 2.05) is 30.3 Å². The average molecular weight is 373 g/mol. The molecule has 6 nitrogen and oxygen atoms in total. The third-order valence-electron chi connectivity index (χ3n) is 3.31. The van der Waals surface area contributed by atoms with Crippen LogP contribution < -0.4 is 10.0 Å². The highest BCUT2D eigenvalue weighted by Crippen LogP contribution is 2.19. The maximum atomic E-state index is 12.2. The van der Waals surface area contributed by atoms with Gasteiger partial charge in [0.2, 0.25) is 5.91 Å². The molecule has 25 heavy (non-hydrogen) atoms. The highest BCUT2D eigenvalue weighted by molar-refractivity contribution is 7.93. The Labute approximate surface area is 149 Å². The van der Waals surface area contributed by atoms with Gasteiger partial charge < -0.3 is 5.32 Å². The summed E-state index contributed by atoms with van der Waals surface area (Å²) in [5.41, 5.74) is 1.45. The minimum absolute atomic E-state index is 0.101. The fourth-order valence-corrected chi connectivity index (χ4v) is 3.94. The quantitative estimate of drug-likeness (QED) is 0.695. The van der Waals surface area contributed by atoms with E-state index in [-0.39, 0.29) is 17.2 Å². The number of amides is 1. The van der Waals surface area contributed by atoms with Gasteiger partial charge in [-0.2, -0.15) is 0 Å². The highest BCUT2D eigenvalue weighted by atomic mass is 32.2. The van der Waals surface area contributed by atoms with Crippen molar-refractivity contribution < 1.29 is 13.2 Å². The highest BCUT2D eigenvalue weighted by Gasteiger charge is 2.15. The molecule has 0 aliphatic carbocycles. The van der Waals surface area contributed by atoms with Crippen molar-refractivity contribution in [2.75, 3.05) is 10.0 Å². The van der Waals surface area contributed by atoms with Crippen LogP contribution in [0.3, 0.4) is 0 Å². The van der Waals surface area contributed by atoms with Crippen molar-refractivity contribution in [3.63, 3.8) is 0 Å². The minimum atomic E-state index is -3.69. The van der Waals surface area contributed by atoms with Crippen molar-refractivity contribution >= 4 is 38.1 Å². The van der Waals surface area contributed by atoms with Gasteiger partial charge in [-0.1, -0.05) is 30.3 Å². The first-order valence-electron chi connectivity index (χ1n) is 7.39. The summed E-state index contributed by atoms with van der Waals surface area (Å²) in [5.74, 6) is -0.164. The molecule has 2 aromatic carbocycles. The largest absolute Gasteiger partial charge is 0.326 e. The Morgan fingerprint density at radius 3 is 2.40 bits per heavy atom. The number of nitrogens with zero attached hydrogens (tertiary/aromatic N) is 1. The van der Waals surface area contributed by atoms with E-state index in [9.17, 15) is 13.2 Å². The first-order chi connectivity index (χ1) is 12.0. The van der Waals surface area contributed by atoms with Crippen molar-refractivity contribution in [3.05, 3.63) is 71.7 Å². The second-order valence-electron chi connectivity index (χ2n) is 5.18. The van der Waals surface area contributed by atoms with Gasteiger partial charge in [0.15, 0.2) is 5.13 Å². The maximum absolute atomic E-state index is 12.2. The zero-order valence-corrected chi connectivity index (χ0v) is 14.7. The van der Waals surface area contributed by atoms with Crippen LogP contribution in [0.25, 0.3) is 0 Å². The Morgan fingerprint density at radius 2 is 1.76 bits per heavy atom. The fraction of sp³-hybridized carbons (Fsp3) is 0.0588. The van der Waals surface area contributed by atoms with Crippen LogP contribution in [0.1, 0.15) is 5.56 Å². The molecule has 0 spiro atoms. The van der Waals surface area contributed by atoms with E-state index in [0.717, 1.165) is 5.56 Å². The van der Waals surface area contributed by atoms with Crippen molar-refractivity contribution in [2.24, 2.45) is 0 Å². The van der Waals surface area contributed by atoms with Crippen molar-refractivity contribution in [1.29, 1.82) is 0 Å². The van der Waals surface area contributed by atoms with E-state index < -0.39 is 10.0 Å². The van der Waals surface area contributed by atoms with Gasteiger partial charge >= 0.3 is 0 Å². The number of carbonyl (C=O) groups excluding carboxylic acids is 1. The SMILES string of the molecule is O=C(Cc1ccccc1)Nc1ccc(S(=O)(=O)Nc2nccs2)cc1. The summed E-state index contributed by atoms with van der Waals surface area (Å²) in [5, 5.41) is 4.74. The molecule has 3 aromatic rings. The van der Waals surface area contributed by atoms with Gasteiger partial charge in [-0.3, -0.25) is 9.52 Å². The topological polar surface area (TPSA) is 88.2 Å². The molecule has 3 rings (SSSR count). The summed E-state index contributed by atoms with van der Waals surface area (Å²) >= 11 is 1.20. The summed E-state index contributed by atoms with van der Waals surface area (Å²) in [4.78, 5) is 16.0. The van der Waals surface area contributed by atoms with Crippen LogP contribution in [-0.4, -0.2) is 19.3 Å². The Hall–Kier alpha value is -2.71. The van der Waals surface area contributed by atoms with Crippen LogP contribution in [0, 0.1) is 0 Å². The number of hydrogen-bond donors (Lipinski definition) is 2. The number of nitrogens with one attached hydrogen (secondary N) is 2. The molecular formula is C17H15N3O3S2. The van der Waals surface area contributed by atoms with Gasteiger partial charge in [0, 0.05) is 17.3 Å². The van der Waals surface area contributed by atoms with Crippen LogP contribution >= 0.6 is 11.3 Å². The molecule has 0 atom stereocenters. The Kier molecular flexibility index (Phi) is 5.11. The zero-order valence-electron chi connectivity index (χ0n) is 13.0. The monoisotopic (exact) mass is 373 g/mol. The van der Waals surface area contributed by atoms with Gasteiger partial charge in [0.25, 0.3) is 10.0 Å². The summed E-state index contributed by atoms with van der Waals surface area (Å²) in [6.45, 7) is 0. The van der Waals surface area contributed by atoms with Gasteiger partial charge in [0.1, 0.15) is 0 Å². The van der Waals surface area contributed by atoms with E-state index in [1.165, 1.54) is 29.7 Å². The minimum Gasteiger partial charge on any atom is -0.326 e. The van der Waals surface area contributed by atoms with Gasteiger partial charge in [-0.15, -0.1) is 11.3 Å². The predicted molar refractivity (Wildman–Crippen MR) is 98.1 cm³/mol. The molecule has 0 saturated carbocycles. The normalized spacial score (nSPS) is 11.0. The lowest BCUT2D eigenvalue weighted by atomic mass is 10.1. The van der Waals surface area contributed by atoms with Gasteiger partial charge in [-0.25, -0.2) is 13.4 Å². The standard InChI is InChI=1S/C17H15N3O3S2/c21-16(12-13-4-2-1-3-5-13)19-14-6-8-15(9-7-14)25(22,23)20-17-18-10-11-24-17/h1-11H,12H2,(H,18,20)(H,19,21). The molecule has 1 heterocycles. The average Bonchev–Trinajstić information content (AvgIpc) is 3.08. The second-order valence-corrected chi connectivity index (χ2v) is 7.75. The predicted octanol–water partition coefficient (Wildman–Crippen LogP) is 3.13. The third kappa shape index (κ3) is 4.65. The number of benzene rings is 2. The molecule has 0 fully saturated rings. The van der Waals surface area contributed by atoms with Crippen LogP contribution in [0.4, 0.5) is 10.8 Å². The lowest BCUT2D eigenvalue weighted by Crippen LogP contribution is -2.15. The van der Waals surface area contributed by atoms with Crippen LogP contribution in [0.5, 0.6) is 0 Å². The van der Waals surface area contributed by atoms with Crippen molar-refractivity contribution in [3.8, 4) is 0 Å². The molecular weight excluding hydrogens is 358 g/mol. The molecule has 0 unspecified atom stereocenters. The Bertz CT molecular complexity index is 939. The van der Waals surface area contributed by atoms with Gasteiger partial charge in [-0.05, 0) is 29.8 Å². The number of thiazole rings is 1. The van der Waals surface area contributed by atoms with E-state index in [1.54, 1.807) is 17.5 Å². The lowest BCUT2D eigenvalue weighted by molar-refractivity contribution is -0.115. The Morgan fingerprint density at radius 1 is 1.04 bits per heavy atom. The van der Waals surface area contributed by atoms with E-state index >= 15 is 0 Å². The van der Waals surface area contributed by atoms with E-state index in [2.05, 4.69) is 15.0 Å². The summed E-state index contributed by atoms with van der Waals surface area (Å²) in [6.07, 6.45) is 1.78. The molecule has 128 valence electrons. The number of anilines is 2. The molecule has 0 aliphatic rings.